The Balaban J connectivity index is 1.17. The topological polar surface area (TPSA) is 0 Å². The van der Waals surface area contributed by atoms with Crippen molar-refractivity contribution < 1.29 is 0 Å². The van der Waals surface area contributed by atoms with E-state index in [0.29, 0.717) is 0 Å². The molecule has 0 unspecified atom stereocenters. The van der Waals surface area contributed by atoms with Gasteiger partial charge in [-0.25, -0.2) is 0 Å². The van der Waals surface area contributed by atoms with Crippen LogP contribution in [0.15, 0.2) is 318 Å². The second kappa shape index (κ2) is 17.1. The van der Waals surface area contributed by atoms with Crippen molar-refractivity contribution in [2.45, 2.75) is 39.2 Å². The molecule has 11 aromatic carbocycles. The molecular weight excluding hydrogens is 809 g/mol. The van der Waals surface area contributed by atoms with Gasteiger partial charge in [-0.2, -0.15) is 0 Å². The third kappa shape index (κ3) is 6.57. The molecule has 0 N–H and O–H groups in total. The molecule has 0 nitrogen and oxygen atoms in total. The molecule has 306 valence electrons. The highest BCUT2D eigenvalue weighted by Gasteiger charge is 2.35. The molecule has 0 radical (unpaired) electrons. The Morgan fingerprint density at radius 3 is 0.609 bits per heavy atom. The molecule has 0 saturated carbocycles. The molecule has 0 saturated heterocycles. The third-order valence-electron chi connectivity index (χ3n) is 12.5. The SMILES string of the molecule is c1ccc(S(c2ccccc2)(c2ccccc2)c2cccc(-c3c4ccccc4c(-c4cccc(S(c5ccccc5)(c5ccccc5)c5ccccc5)c4)c4ccccc34)c2)cc1. The molecule has 11 rings (SSSR count). The van der Waals surface area contributed by atoms with Crippen molar-refractivity contribution in [3.05, 3.63) is 279 Å². The van der Waals surface area contributed by atoms with E-state index in [4.69, 9.17) is 0 Å². The fraction of sp³-hybridized carbons (Fsp3) is 0. The Hall–Kier alpha value is -7.36. The lowest BCUT2D eigenvalue weighted by molar-refractivity contribution is 1.24. The summed E-state index contributed by atoms with van der Waals surface area (Å²) in [6, 6.07) is 104. The average Bonchev–Trinajstić information content (AvgIpc) is 3.38. The summed E-state index contributed by atoms with van der Waals surface area (Å²) in [5, 5.41) is 4.97. The van der Waals surface area contributed by atoms with Crippen molar-refractivity contribution in [2.24, 2.45) is 0 Å². The van der Waals surface area contributed by atoms with E-state index >= 15 is 0 Å². The van der Waals surface area contributed by atoms with Gasteiger partial charge in [0.25, 0.3) is 0 Å². The maximum Gasteiger partial charge on any atom is 0.00291 e. The first-order valence-corrected chi connectivity index (χ1v) is 25.2. The molecule has 2 heteroatoms. The van der Waals surface area contributed by atoms with Crippen molar-refractivity contribution in [1.82, 2.24) is 0 Å². The predicted molar refractivity (Wildman–Crippen MR) is 272 cm³/mol. The summed E-state index contributed by atoms with van der Waals surface area (Å²) in [5.74, 6) is 0. The molecular formula is C62H46S2. The lowest BCUT2D eigenvalue weighted by Gasteiger charge is -2.42. The first kappa shape index (κ1) is 39.5. The molecule has 0 atom stereocenters. The highest BCUT2D eigenvalue weighted by atomic mass is 32.3. The second-order valence-corrected chi connectivity index (χ2v) is 22.2. The quantitative estimate of drug-likeness (QED) is 0.120. The standard InChI is InChI=1S/C62H46S2/c1-7-27-49(28-8-1)63(50-29-9-2-10-30-50,51-31-11-3-12-32-51)55-39-23-25-47(45-55)61-57-41-19-21-43-59(57)62(60-44-22-20-42-58(60)61)48-26-24-40-56(46-48)64(52-33-13-4-14-34-52,53-35-15-5-16-36-53)54-37-17-6-18-38-54/h1-46H. The van der Waals surface area contributed by atoms with Crippen LogP contribution in [0.4, 0.5) is 0 Å². The van der Waals surface area contributed by atoms with E-state index in [1.165, 1.54) is 83.0 Å². The monoisotopic (exact) mass is 854 g/mol. The van der Waals surface area contributed by atoms with Crippen molar-refractivity contribution in [3.8, 4) is 22.3 Å². The molecule has 0 aliphatic rings. The van der Waals surface area contributed by atoms with E-state index < -0.39 is 20.1 Å². The number of hydrogen-bond donors (Lipinski definition) is 0. The lowest BCUT2D eigenvalue weighted by Crippen LogP contribution is -2.05. The molecule has 0 aromatic heterocycles. The smallest absolute Gasteiger partial charge is 0.00291 e. The van der Waals surface area contributed by atoms with E-state index in [1.807, 2.05) is 0 Å². The van der Waals surface area contributed by atoms with Crippen LogP contribution in [0.3, 0.4) is 0 Å². The van der Waals surface area contributed by atoms with Gasteiger partial charge in [-0.15, -0.1) is 20.1 Å². The summed E-state index contributed by atoms with van der Waals surface area (Å²) in [5.41, 5.74) is 4.94. The zero-order valence-electron chi connectivity index (χ0n) is 35.4. The zero-order chi connectivity index (χ0) is 42.8. The fourth-order valence-electron chi connectivity index (χ4n) is 9.82. The maximum absolute atomic E-state index is 2.49. The molecule has 0 amide bonds. The molecule has 0 bridgehead atoms. The van der Waals surface area contributed by atoms with Crippen LogP contribution in [0.1, 0.15) is 0 Å². The Kier molecular flexibility index (Phi) is 10.5. The average molecular weight is 855 g/mol. The van der Waals surface area contributed by atoms with Gasteiger partial charge in [-0.1, -0.05) is 182 Å². The van der Waals surface area contributed by atoms with Gasteiger partial charge in [0, 0.05) is 39.2 Å². The van der Waals surface area contributed by atoms with Crippen molar-refractivity contribution in [2.75, 3.05) is 0 Å². The van der Waals surface area contributed by atoms with Gasteiger partial charge < -0.3 is 0 Å². The van der Waals surface area contributed by atoms with Crippen LogP contribution < -0.4 is 0 Å². The Bertz CT molecular complexity index is 2870. The Morgan fingerprint density at radius 1 is 0.172 bits per heavy atom. The fourth-order valence-corrected chi connectivity index (χ4v) is 17.6. The summed E-state index contributed by atoms with van der Waals surface area (Å²) in [4.78, 5) is 10.5. The molecule has 0 spiro atoms. The van der Waals surface area contributed by atoms with Crippen LogP contribution in [0.25, 0.3) is 43.8 Å². The van der Waals surface area contributed by atoms with Gasteiger partial charge in [-0.05, 0) is 141 Å². The Morgan fingerprint density at radius 2 is 0.375 bits per heavy atom. The molecule has 11 aromatic rings. The number of hydrogen-bond acceptors (Lipinski definition) is 0. The van der Waals surface area contributed by atoms with Gasteiger partial charge >= 0.3 is 0 Å². The van der Waals surface area contributed by atoms with Crippen LogP contribution in [0.2, 0.25) is 0 Å². The molecule has 0 heterocycles. The highest BCUT2D eigenvalue weighted by Crippen LogP contribution is 2.75. The van der Waals surface area contributed by atoms with Gasteiger partial charge in [0.05, 0.1) is 0 Å². The van der Waals surface area contributed by atoms with Gasteiger partial charge in [0.1, 0.15) is 0 Å². The molecule has 64 heavy (non-hydrogen) atoms. The van der Waals surface area contributed by atoms with Crippen molar-refractivity contribution in [1.29, 1.82) is 0 Å². The minimum atomic E-state index is -1.88. The largest absolute Gasteiger partial charge is 0.133 e. The van der Waals surface area contributed by atoms with E-state index in [9.17, 15) is 0 Å². The molecule has 0 aliphatic carbocycles. The summed E-state index contributed by atoms with van der Waals surface area (Å²) in [6.45, 7) is 0. The van der Waals surface area contributed by atoms with Crippen LogP contribution >= 0.6 is 20.1 Å². The van der Waals surface area contributed by atoms with E-state index in [2.05, 4.69) is 279 Å². The van der Waals surface area contributed by atoms with Crippen molar-refractivity contribution in [3.63, 3.8) is 0 Å². The first-order valence-electron chi connectivity index (χ1n) is 21.9. The highest BCUT2D eigenvalue weighted by molar-refractivity contribution is 8.34. The van der Waals surface area contributed by atoms with Crippen LogP contribution in [0, 0.1) is 0 Å². The third-order valence-corrected chi connectivity index (χ3v) is 20.3. The number of rotatable bonds is 10. The summed E-state index contributed by atoms with van der Waals surface area (Å²) in [6.07, 6.45) is 0. The zero-order valence-corrected chi connectivity index (χ0v) is 37.0. The minimum absolute atomic E-state index is 1.21. The summed E-state index contributed by atoms with van der Waals surface area (Å²) in [7, 11) is -3.77. The molecule has 0 aliphatic heterocycles. The summed E-state index contributed by atoms with van der Waals surface area (Å²) >= 11 is 0. The lowest BCUT2D eigenvalue weighted by atomic mass is 9.86. The number of benzene rings is 11. The van der Waals surface area contributed by atoms with Gasteiger partial charge in [-0.3, -0.25) is 0 Å². The maximum atomic E-state index is 2.49. The normalized spacial score (nSPS) is 12.2. The second-order valence-electron chi connectivity index (χ2n) is 16.0. The van der Waals surface area contributed by atoms with Crippen LogP contribution in [0.5, 0.6) is 0 Å². The minimum Gasteiger partial charge on any atom is -0.133 e. The molecule has 0 fully saturated rings. The van der Waals surface area contributed by atoms with Gasteiger partial charge in [0.2, 0.25) is 0 Å². The summed E-state index contributed by atoms with van der Waals surface area (Å²) < 4.78 is 0. The van der Waals surface area contributed by atoms with E-state index in [-0.39, 0.29) is 0 Å². The van der Waals surface area contributed by atoms with E-state index in [0.717, 1.165) is 0 Å². The predicted octanol–water partition coefficient (Wildman–Crippen LogP) is 18.0. The van der Waals surface area contributed by atoms with Crippen molar-refractivity contribution >= 4 is 41.6 Å². The van der Waals surface area contributed by atoms with Crippen LogP contribution in [-0.2, 0) is 0 Å². The number of fused-ring (bicyclic) bond motifs is 2. The van der Waals surface area contributed by atoms with E-state index in [1.54, 1.807) is 0 Å². The Labute approximate surface area is 379 Å². The van der Waals surface area contributed by atoms with Gasteiger partial charge in [0.15, 0.2) is 0 Å². The van der Waals surface area contributed by atoms with Crippen LogP contribution in [-0.4, -0.2) is 0 Å². The first-order chi connectivity index (χ1) is 31.8.